The molecule has 3 amide bonds. The second kappa shape index (κ2) is 8.96. The Hall–Kier alpha value is -1.50. The summed E-state index contributed by atoms with van der Waals surface area (Å²) in [6, 6.07) is 0.566. The van der Waals surface area contributed by atoms with Gasteiger partial charge in [-0.15, -0.1) is 0 Å². The number of hydrogen-bond donors (Lipinski definition) is 3. The van der Waals surface area contributed by atoms with Crippen LogP contribution in [0, 0.1) is 0 Å². The maximum atomic E-state index is 11.7. The first-order chi connectivity index (χ1) is 10.7. The van der Waals surface area contributed by atoms with Crippen LogP contribution in [0.25, 0.3) is 0 Å². The fraction of sp³-hybridized carbons (Fsp3) is 0.875. The molecule has 1 saturated carbocycles. The van der Waals surface area contributed by atoms with Crippen LogP contribution in [-0.4, -0.2) is 61.9 Å². The third-order valence-corrected chi connectivity index (χ3v) is 3.69. The maximum absolute atomic E-state index is 11.7. The van der Waals surface area contributed by atoms with Gasteiger partial charge in [0.25, 0.3) is 0 Å². The molecule has 0 heterocycles. The van der Waals surface area contributed by atoms with Crippen LogP contribution in [0.1, 0.15) is 46.5 Å². The van der Waals surface area contributed by atoms with Crippen LogP contribution in [0.15, 0.2) is 0 Å². The van der Waals surface area contributed by atoms with Crippen molar-refractivity contribution in [2.24, 2.45) is 0 Å². The van der Waals surface area contributed by atoms with E-state index in [0.717, 1.165) is 32.2 Å². The zero-order chi connectivity index (χ0) is 17.5. The monoisotopic (exact) mass is 328 g/mol. The molecule has 7 heteroatoms. The molecular weight excluding hydrogens is 296 g/mol. The predicted octanol–water partition coefficient (Wildman–Crippen LogP) is 1.68. The van der Waals surface area contributed by atoms with Crippen molar-refractivity contribution in [3.63, 3.8) is 0 Å². The number of ether oxygens (including phenoxy) is 1. The Morgan fingerprint density at radius 1 is 1.04 bits per heavy atom. The summed E-state index contributed by atoms with van der Waals surface area (Å²) >= 11 is 0. The number of alkyl carbamates (subject to hydrolysis) is 1. The lowest BCUT2D eigenvalue weighted by atomic mass is 9.91. The largest absolute Gasteiger partial charge is 0.444 e. The average Bonchev–Trinajstić information content (AvgIpc) is 2.42. The van der Waals surface area contributed by atoms with Crippen LogP contribution in [0.2, 0.25) is 0 Å². The molecule has 0 spiro atoms. The van der Waals surface area contributed by atoms with E-state index >= 15 is 0 Å². The Kier molecular flexibility index (Phi) is 7.61. The molecule has 1 aliphatic carbocycles. The molecule has 7 nitrogen and oxygen atoms in total. The van der Waals surface area contributed by atoms with Gasteiger partial charge in [-0.2, -0.15) is 0 Å². The molecule has 0 saturated heterocycles. The first-order valence-electron chi connectivity index (χ1n) is 8.35. The van der Waals surface area contributed by atoms with Crippen LogP contribution in [0.3, 0.4) is 0 Å². The first-order valence-corrected chi connectivity index (χ1v) is 8.35. The number of rotatable bonds is 5. The van der Waals surface area contributed by atoms with Crippen molar-refractivity contribution in [3.05, 3.63) is 0 Å². The second-order valence-electron chi connectivity index (χ2n) is 7.28. The lowest BCUT2D eigenvalue weighted by molar-refractivity contribution is 0.0490. The van der Waals surface area contributed by atoms with E-state index in [-0.39, 0.29) is 18.2 Å². The maximum Gasteiger partial charge on any atom is 0.407 e. The third kappa shape index (κ3) is 8.64. The first kappa shape index (κ1) is 19.5. The molecule has 1 aliphatic rings. The third-order valence-electron chi connectivity index (χ3n) is 3.69. The predicted molar refractivity (Wildman–Crippen MR) is 90.5 cm³/mol. The lowest BCUT2D eigenvalue weighted by Crippen LogP contribution is -2.45. The van der Waals surface area contributed by atoms with Crippen molar-refractivity contribution in [1.29, 1.82) is 0 Å². The van der Waals surface area contributed by atoms with Gasteiger partial charge in [0.15, 0.2) is 0 Å². The van der Waals surface area contributed by atoms with Gasteiger partial charge in [-0.1, -0.05) is 0 Å². The van der Waals surface area contributed by atoms with Crippen molar-refractivity contribution >= 4 is 12.1 Å². The number of amides is 3. The molecule has 0 aromatic rings. The van der Waals surface area contributed by atoms with Gasteiger partial charge in [-0.25, -0.2) is 9.59 Å². The Bertz CT molecular complexity index is 385. The summed E-state index contributed by atoms with van der Waals surface area (Å²) in [6.07, 6.45) is 3.59. The molecule has 3 N–H and O–H groups in total. The molecule has 0 bridgehead atoms. The van der Waals surface area contributed by atoms with Gasteiger partial charge in [-0.05, 0) is 46.5 Å². The number of carbonyl (C=O) groups is 2. The number of urea groups is 1. The summed E-state index contributed by atoms with van der Waals surface area (Å²) in [4.78, 5) is 24.6. The van der Waals surface area contributed by atoms with E-state index in [1.807, 2.05) is 20.8 Å². The van der Waals surface area contributed by atoms with Crippen molar-refractivity contribution in [3.8, 4) is 0 Å². The number of nitrogens with one attached hydrogen (secondary N) is 3. The van der Waals surface area contributed by atoms with E-state index in [1.54, 1.807) is 14.1 Å². The second-order valence-corrected chi connectivity index (χ2v) is 7.28. The molecule has 0 radical (unpaired) electrons. The Morgan fingerprint density at radius 3 is 2.13 bits per heavy atom. The normalized spacial score (nSPS) is 21.4. The summed E-state index contributed by atoms with van der Waals surface area (Å²) in [7, 11) is 3.45. The summed E-state index contributed by atoms with van der Waals surface area (Å²) in [6.45, 7) is 6.97. The van der Waals surface area contributed by atoms with Gasteiger partial charge in [0.05, 0.1) is 0 Å². The smallest absolute Gasteiger partial charge is 0.407 e. The quantitative estimate of drug-likeness (QED) is 0.671. The van der Waals surface area contributed by atoms with Gasteiger partial charge in [-0.3, -0.25) is 0 Å². The Labute approximate surface area is 139 Å². The van der Waals surface area contributed by atoms with Gasteiger partial charge in [0.2, 0.25) is 0 Å². The van der Waals surface area contributed by atoms with Crippen LogP contribution in [0.4, 0.5) is 9.59 Å². The standard InChI is InChI=1S/C16H32N4O3/c1-16(2,3)23-15(22)19-13-8-6-12(7-9-13)17-10-11-18-14(21)20(4)5/h12-13,17H,6-11H2,1-5H3,(H,18,21)(H,19,22). The van der Waals surface area contributed by atoms with Gasteiger partial charge >= 0.3 is 12.1 Å². The van der Waals surface area contributed by atoms with Crippen LogP contribution in [0.5, 0.6) is 0 Å². The number of carbonyl (C=O) groups excluding carboxylic acids is 2. The van der Waals surface area contributed by atoms with Crippen molar-refractivity contribution in [2.45, 2.75) is 64.1 Å². The van der Waals surface area contributed by atoms with Gasteiger partial charge < -0.3 is 25.6 Å². The highest BCUT2D eigenvalue weighted by atomic mass is 16.6. The zero-order valence-electron chi connectivity index (χ0n) is 15.1. The number of hydrogen-bond acceptors (Lipinski definition) is 4. The minimum absolute atomic E-state index is 0.0722. The summed E-state index contributed by atoms with van der Waals surface area (Å²) in [5.41, 5.74) is -0.458. The fourth-order valence-electron chi connectivity index (χ4n) is 2.52. The molecule has 0 aromatic carbocycles. The highest BCUT2D eigenvalue weighted by Crippen LogP contribution is 2.19. The fourth-order valence-corrected chi connectivity index (χ4v) is 2.52. The molecular formula is C16H32N4O3. The highest BCUT2D eigenvalue weighted by Gasteiger charge is 2.24. The molecule has 1 rings (SSSR count). The molecule has 0 atom stereocenters. The van der Waals surface area contributed by atoms with Crippen molar-refractivity contribution < 1.29 is 14.3 Å². The zero-order valence-corrected chi connectivity index (χ0v) is 15.1. The van der Waals surface area contributed by atoms with Crippen LogP contribution < -0.4 is 16.0 Å². The van der Waals surface area contributed by atoms with E-state index in [2.05, 4.69) is 16.0 Å². The highest BCUT2D eigenvalue weighted by molar-refractivity contribution is 5.73. The van der Waals surface area contributed by atoms with E-state index < -0.39 is 5.60 Å². The average molecular weight is 328 g/mol. The number of nitrogens with zero attached hydrogens (tertiary/aromatic N) is 1. The molecule has 0 aliphatic heterocycles. The Morgan fingerprint density at radius 2 is 1.61 bits per heavy atom. The van der Waals surface area contributed by atoms with Crippen LogP contribution >= 0.6 is 0 Å². The van der Waals surface area contributed by atoms with E-state index in [4.69, 9.17) is 4.74 Å². The van der Waals surface area contributed by atoms with Crippen LogP contribution in [-0.2, 0) is 4.74 Å². The SMILES string of the molecule is CN(C)C(=O)NCCNC1CCC(NC(=O)OC(C)(C)C)CC1. The molecule has 134 valence electrons. The minimum Gasteiger partial charge on any atom is -0.444 e. The molecule has 23 heavy (non-hydrogen) atoms. The lowest BCUT2D eigenvalue weighted by Gasteiger charge is -2.30. The minimum atomic E-state index is -0.458. The van der Waals surface area contributed by atoms with Gasteiger partial charge in [0, 0.05) is 39.3 Å². The van der Waals surface area contributed by atoms with Crippen molar-refractivity contribution in [1.82, 2.24) is 20.9 Å². The van der Waals surface area contributed by atoms with Crippen molar-refractivity contribution in [2.75, 3.05) is 27.2 Å². The summed E-state index contributed by atoms with van der Waals surface area (Å²) < 4.78 is 5.28. The van der Waals surface area contributed by atoms with E-state index in [0.29, 0.717) is 12.6 Å². The Balaban J connectivity index is 2.13. The van der Waals surface area contributed by atoms with E-state index in [9.17, 15) is 9.59 Å². The summed E-state index contributed by atoms with van der Waals surface area (Å²) in [5.74, 6) is 0. The van der Waals surface area contributed by atoms with E-state index in [1.165, 1.54) is 4.90 Å². The molecule has 1 fully saturated rings. The molecule has 0 unspecified atom stereocenters. The van der Waals surface area contributed by atoms with Gasteiger partial charge in [0.1, 0.15) is 5.60 Å². The molecule has 0 aromatic heterocycles. The summed E-state index contributed by atoms with van der Waals surface area (Å²) in [5, 5.41) is 9.22. The topological polar surface area (TPSA) is 82.7 Å².